The molecule has 2 atom stereocenters. The quantitative estimate of drug-likeness (QED) is 0.499. The van der Waals surface area contributed by atoms with Crippen LogP contribution in [0.25, 0.3) is 5.65 Å². The highest BCUT2D eigenvalue weighted by Crippen LogP contribution is 2.30. The van der Waals surface area contributed by atoms with E-state index >= 15 is 0 Å². The minimum Gasteiger partial charge on any atom is -0.494 e. The zero-order valence-electron chi connectivity index (χ0n) is 17.5. The molecule has 2 aromatic heterocycles. The van der Waals surface area contributed by atoms with Gasteiger partial charge in [0, 0.05) is 38.4 Å². The van der Waals surface area contributed by atoms with Gasteiger partial charge in [-0.05, 0) is 65.1 Å². The summed E-state index contributed by atoms with van der Waals surface area (Å²) >= 11 is 3.44. The highest BCUT2D eigenvalue weighted by atomic mass is 79.9. The second-order valence-corrected chi connectivity index (χ2v) is 8.79. The third-order valence-electron chi connectivity index (χ3n) is 5.58. The number of likely N-dealkylation sites (N-methyl/N-ethyl adjacent to an activating group) is 1. The third-order valence-corrected chi connectivity index (χ3v) is 6.29. The first-order valence-electron chi connectivity index (χ1n) is 10.5. The number of benzene rings is 1. The predicted octanol–water partition coefficient (Wildman–Crippen LogP) is 3.12. The Labute approximate surface area is 189 Å². The van der Waals surface area contributed by atoms with Crippen LogP contribution in [0.3, 0.4) is 0 Å². The minimum absolute atomic E-state index is 0.120. The lowest BCUT2D eigenvalue weighted by Gasteiger charge is -2.36. The number of piperidine rings is 1. The predicted molar refractivity (Wildman–Crippen MR) is 125 cm³/mol. The molecule has 1 aromatic carbocycles. The summed E-state index contributed by atoms with van der Waals surface area (Å²) in [5.41, 5.74) is 1.76. The van der Waals surface area contributed by atoms with Crippen molar-refractivity contribution in [2.45, 2.75) is 24.8 Å². The van der Waals surface area contributed by atoms with E-state index in [-0.39, 0.29) is 18.2 Å². The van der Waals surface area contributed by atoms with Crippen molar-refractivity contribution in [3.8, 4) is 5.75 Å². The molecule has 164 valence electrons. The van der Waals surface area contributed by atoms with E-state index in [2.05, 4.69) is 50.3 Å². The summed E-state index contributed by atoms with van der Waals surface area (Å²) < 4.78 is 7.63. The first kappa shape index (κ1) is 21.8. The Morgan fingerprint density at radius 1 is 1.23 bits per heavy atom. The van der Waals surface area contributed by atoms with Crippen LogP contribution in [0.1, 0.15) is 24.3 Å². The number of hydrogen-bond acceptors (Lipinski definition) is 6. The van der Waals surface area contributed by atoms with Crippen molar-refractivity contribution in [2.75, 3.05) is 38.7 Å². The molecular formula is C23H27BrN4O3. The monoisotopic (exact) mass is 486 g/mol. The fraction of sp³-hybridized carbons (Fsp3) is 0.391. The summed E-state index contributed by atoms with van der Waals surface area (Å²) in [4.78, 5) is 19.6. The highest BCUT2D eigenvalue weighted by Gasteiger charge is 2.27. The van der Waals surface area contributed by atoms with E-state index in [4.69, 9.17) is 9.84 Å². The van der Waals surface area contributed by atoms with E-state index in [9.17, 15) is 4.79 Å². The number of rotatable bonds is 7. The number of anilines is 1. The van der Waals surface area contributed by atoms with Gasteiger partial charge >= 0.3 is 0 Å². The molecule has 0 amide bonds. The molecule has 7 nitrogen and oxygen atoms in total. The number of aromatic nitrogens is 2. The zero-order valence-corrected chi connectivity index (χ0v) is 19.1. The first-order valence-corrected chi connectivity index (χ1v) is 11.3. The Bertz CT molecular complexity index is 1090. The van der Waals surface area contributed by atoms with Crippen LogP contribution >= 0.6 is 15.9 Å². The number of pyridine rings is 1. The van der Waals surface area contributed by atoms with E-state index in [0.29, 0.717) is 34.9 Å². The van der Waals surface area contributed by atoms with Gasteiger partial charge in [0.1, 0.15) is 21.7 Å². The highest BCUT2D eigenvalue weighted by molar-refractivity contribution is 9.10. The molecule has 0 spiro atoms. The number of halogens is 1. The smallest absolute Gasteiger partial charge is 0.274 e. The molecule has 3 aromatic rings. The van der Waals surface area contributed by atoms with Crippen molar-refractivity contribution >= 4 is 27.4 Å². The molecule has 1 saturated heterocycles. The van der Waals surface area contributed by atoms with Gasteiger partial charge in [-0.25, -0.2) is 4.98 Å². The average molecular weight is 487 g/mol. The van der Waals surface area contributed by atoms with Crippen LogP contribution in [-0.4, -0.2) is 58.8 Å². The SMILES string of the molecule is CN1C[C@H](Nc2nc3ccccn3c(=O)c2Br)C[C@H](c2ccc(OCCCO)cc2)C1. The number of aliphatic hydroxyl groups excluding tert-OH is 1. The zero-order chi connectivity index (χ0) is 21.8. The number of likely N-dealkylation sites (tertiary alicyclic amines) is 1. The van der Waals surface area contributed by atoms with Crippen LogP contribution in [0.4, 0.5) is 5.82 Å². The van der Waals surface area contributed by atoms with Crippen LogP contribution < -0.4 is 15.6 Å². The molecule has 0 aliphatic carbocycles. The summed E-state index contributed by atoms with van der Waals surface area (Å²) in [7, 11) is 2.12. The molecule has 0 unspecified atom stereocenters. The molecule has 8 heteroatoms. The maximum atomic E-state index is 12.7. The lowest BCUT2D eigenvalue weighted by Crippen LogP contribution is -2.43. The number of aliphatic hydroxyl groups is 1. The topological polar surface area (TPSA) is 79.1 Å². The van der Waals surface area contributed by atoms with Crippen LogP contribution in [0.2, 0.25) is 0 Å². The standard InChI is InChI=1S/C23H27BrN4O3/c1-27-14-17(16-6-8-19(9-7-16)31-12-4-11-29)13-18(15-27)25-22-21(24)23(30)28-10-3-2-5-20(28)26-22/h2-3,5-10,17-18,25,29H,4,11-15H2,1H3/t17-,18+/m0/s1. The molecule has 1 aliphatic rings. The van der Waals surface area contributed by atoms with Gasteiger partial charge in [-0.1, -0.05) is 18.2 Å². The normalized spacial score (nSPS) is 19.5. The summed E-state index contributed by atoms with van der Waals surface area (Å²) in [6.45, 7) is 2.50. The van der Waals surface area contributed by atoms with Crippen molar-refractivity contribution in [1.82, 2.24) is 14.3 Å². The van der Waals surface area contributed by atoms with Gasteiger partial charge < -0.3 is 20.1 Å². The fourth-order valence-corrected chi connectivity index (χ4v) is 4.51. The van der Waals surface area contributed by atoms with Crippen molar-refractivity contribution in [1.29, 1.82) is 0 Å². The molecular weight excluding hydrogens is 460 g/mol. The van der Waals surface area contributed by atoms with Crippen LogP contribution in [-0.2, 0) is 0 Å². The second kappa shape index (κ2) is 9.80. The van der Waals surface area contributed by atoms with Crippen molar-refractivity contribution in [2.24, 2.45) is 0 Å². The Hall–Kier alpha value is -2.42. The van der Waals surface area contributed by atoms with Gasteiger partial charge in [-0.2, -0.15) is 0 Å². The van der Waals surface area contributed by atoms with Crippen molar-refractivity contribution < 1.29 is 9.84 Å². The lowest BCUT2D eigenvalue weighted by atomic mass is 9.88. The van der Waals surface area contributed by atoms with Gasteiger partial charge in [-0.15, -0.1) is 0 Å². The summed E-state index contributed by atoms with van der Waals surface area (Å²) in [5.74, 6) is 1.77. The number of nitrogens with zero attached hydrogens (tertiary/aromatic N) is 3. The molecule has 1 aliphatic heterocycles. The van der Waals surface area contributed by atoms with Gasteiger partial charge in [0.25, 0.3) is 5.56 Å². The van der Waals surface area contributed by atoms with E-state index in [0.717, 1.165) is 25.3 Å². The maximum Gasteiger partial charge on any atom is 0.274 e. The summed E-state index contributed by atoms with van der Waals surface area (Å²) in [6.07, 6.45) is 3.29. The van der Waals surface area contributed by atoms with E-state index in [1.54, 1.807) is 6.20 Å². The molecule has 4 rings (SSSR count). The van der Waals surface area contributed by atoms with Crippen LogP contribution in [0.5, 0.6) is 5.75 Å². The number of ether oxygens (including phenoxy) is 1. The van der Waals surface area contributed by atoms with Crippen molar-refractivity contribution in [3.63, 3.8) is 0 Å². The molecule has 2 N–H and O–H groups in total. The van der Waals surface area contributed by atoms with Gasteiger partial charge in [-0.3, -0.25) is 9.20 Å². The van der Waals surface area contributed by atoms with Gasteiger partial charge in [0.15, 0.2) is 0 Å². The Balaban J connectivity index is 1.49. The number of hydrogen-bond donors (Lipinski definition) is 2. The number of fused-ring (bicyclic) bond motifs is 1. The minimum atomic E-state index is -0.120. The number of nitrogens with one attached hydrogen (secondary N) is 1. The van der Waals surface area contributed by atoms with Crippen LogP contribution in [0, 0.1) is 0 Å². The van der Waals surface area contributed by atoms with E-state index in [1.807, 2.05) is 30.3 Å². The molecule has 0 saturated carbocycles. The van der Waals surface area contributed by atoms with Crippen molar-refractivity contribution in [3.05, 3.63) is 69.1 Å². The first-order chi connectivity index (χ1) is 15.0. The van der Waals surface area contributed by atoms with E-state index < -0.39 is 0 Å². The molecule has 0 bridgehead atoms. The summed E-state index contributed by atoms with van der Waals surface area (Å²) in [6, 6.07) is 13.9. The second-order valence-electron chi connectivity index (χ2n) is 8.00. The Morgan fingerprint density at radius 3 is 2.81 bits per heavy atom. The Kier molecular flexibility index (Phi) is 6.89. The lowest BCUT2D eigenvalue weighted by molar-refractivity contribution is 0.232. The van der Waals surface area contributed by atoms with E-state index in [1.165, 1.54) is 9.96 Å². The molecule has 1 fully saturated rings. The molecule has 0 radical (unpaired) electrons. The molecule has 3 heterocycles. The maximum absolute atomic E-state index is 12.7. The van der Waals surface area contributed by atoms with Gasteiger partial charge in [0.05, 0.1) is 6.61 Å². The molecule has 31 heavy (non-hydrogen) atoms. The average Bonchev–Trinajstić information content (AvgIpc) is 2.77. The largest absolute Gasteiger partial charge is 0.494 e. The summed E-state index contributed by atoms with van der Waals surface area (Å²) in [5, 5.41) is 12.4. The van der Waals surface area contributed by atoms with Crippen LogP contribution in [0.15, 0.2) is 57.9 Å². The van der Waals surface area contributed by atoms with Gasteiger partial charge in [0.2, 0.25) is 0 Å². The Morgan fingerprint density at radius 2 is 2.03 bits per heavy atom. The fourth-order valence-electron chi connectivity index (χ4n) is 4.11. The third kappa shape index (κ3) is 5.08.